The lowest BCUT2D eigenvalue weighted by molar-refractivity contribution is -0.153. The number of ether oxygens (including phenoxy) is 1. The molecule has 0 saturated carbocycles. The predicted octanol–water partition coefficient (Wildman–Crippen LogP) is 5.01. The van der Waals surface area contributed by atoms with Crippen molar-refractivity contribution < 1.29 is 31.8 Å². The highest BCUT2D eigenvalue weighted by atomic mass is 79.9. The average molecular weight is 433 g/mol. The van der Waals surface area contributed by atoms with Gasteiger partial charge in [0.05, 0.1) is 0 Å². The topological polar surface area (TPSA) is 59.7 Å². The van der Waals surface area contributed by atoms with E-state index in [0.29, 0.717) is 11.6 Å². The van der Waals surface area contributed by atoms with Crippen molar-refractivity contribution in [3.8, 4) is 22.8 Å². The molecule has 136 valence electrons. The van der Waals surface area contributed by atoms with E-state index in [2.05, 4.69) is 20.7 Å². The maximum atomic E-state index is 13.7. The first-order chi connectivity index (χ1) is 12.2. The van der Waals surface area contributed by atoms with E-state index in [-0.39, 0.29) is 11.3 Å². The minimum absolute atomic E-state index is 0.234. The molecule has 3 rings (SSSR count). The van der Waals surface area contributed by atoms with E-state index >= 15 is 0 Å². The Labute approximate surface area is 151 Å². The van der Waals surface area contributed by atoms with Crippen molar-refractivity contribution in [3.05, 3.63) is 56.9 Å². The lowest BCUT2D eigenvalue weighted by Crippen LogP contribution is -2.20. The molecule has 0 aliphatic rings. The van der Waals surface area contributed by atoms with Crippen LogP contribution < -0.4 is 10.2 Å². The van der Waals surface area contributed by atoms with Gasteiger partial charge >= 0.3 is 6.18 Å². The van der Waals surface area contributed by atoms with Crippen LogP contribution in [0.2, 0.25) is 0 Å². The number of rotatable bonds is 3. The van der Waals surface area contributed by atoms with Gasteiger partial charge in [-0.1, -0.05) is 15.9 Å². The first kappa shape index (κ1) is 18.2. The number of halogens is 5. The molecule has 0 saturated heterocycles. The Balaban J connectivity index is 2.20. The van der Waals surface area contributed by atoms with Gasteiger partial charge in [0.25, 0.3) is 0 Å². The molecular formula is C17H9BrF4O4. The number of benzene rings is 2. The summed E-state index contributed by atoms with van der Waals surface area (Å²) in [5.41, 5.74) is -1.05. The van der Waals surface area contributed by atoms with Gasteiger partial charge in [-0.05, 0) is 24.3 Å². The van der Waals surface area contributed by atoms with Crippen molar-refractivity contribution in [1.82, 2.24) is 0 Å². The highest BCUT2D eigenvalue weighted by Crippen LogP contribution is 2.34. The molecule has 9 heteroatoms. The van der Waals surface area contributed by atoms with E-state index in [1.807, 2.05) is 0 Å². The molecule has 26 heavy (non-hydrogen) atoms. The van der Waals surface area contributed by atoms with Gasteiger partial charge in [0.2, 0.25) is 11.2 Å². The normalized spacial score (nSPS) is 11.7. The molecular weight excluding hydrogens is 424 g/mol. The molecule has 0 fully saturated rings. The van der Waals surface area contributed by atoms with Gasteiger partial charge in [-0.15, -0.1) is 0 Å². The summed E-state index contributed by atoms with van der Waals surface area (Å²) in [5.74, 6) is -2.67. The summed E-state index contributed by atoms with van der Waals surface area (Å²) < 4.78 is 61.5. The van der Waals surface area contributed by atoms with Crippen molar-refractivity contribution in [2.45, 2.75) is 6.18 Å². The third-order valence-corrected chi connectivity index (χ3v) is 3.93. The Kier molecular flexibility index (Phi) is 4.66. The molecule has 2 aromatic carbocycles. The molecule has 0 unspecified atom stereocenters. The molecule has 4 nitrogen and oxygen atoms in total. The molecule has 3 aromatic rings. The van der Waals surface area contributed by atoms with Gasteiger partial charge in [0.15, 0.2) is 12.4 Å². The van der Waals surface area contributed by atoms with Gasteiger partial charge in [-0.25, -0.2) is 4.39 Å². The smallest absolute Gasteiger partial charge is 0.422 e. The predicted molar refractivity (Wildman–Crippen MR) is 88.8 cm³/mol. The third kappa shape index (κ3) is 3.67. The van der Waals surface area contributed by atoms with Crippen molar-refractivity contribution in [1.29, 1.82) is 0 Å². The van der Waals surface area contributed by atoms with Gasteiger partial charge in [0, 0.05) is 22.2 Å². The molecule has 0 spiro atoms. The number of alkyl halides is 3. The van der Waals surface area contributed by atoms with Crippen LogP contribution in [0.15, 0.2) is 50.1 Å². The highest BCUT2D eigenvalue weighted by Gasteiger charge is 2.29. The maximum absolute atomic E-state index is 13.7. The van der Waals surface area contributed by atoms with Crippen LogP contribution in [0.5, 0.6) is 11.5 Å². The minimum Gasteiger partial charge on any atom is -0.502 e. The molecule has 0 amide bonds. The Morgan fingerprint density at radius 3 is 2.42 bits per heavy atom. The van der Waals surface area contributed by atoms with E-state index in [4.69, 9.17) is 4.42 Å². The molecule has 0 aliphatic carbocycles. The first-order valence-corrected chi connectivity index (χ1v) is 7.90. The van der Waals surface area contributed by atoms with Crippen LogP contribution in [-0.2, 0) is 0 Å². The third-order valence-electron chi connectivity index (χ3n) is 3.40. The molecule has 0 bridgehead atoms. The molecule has 1 aromatic heterocycles. The van der Waals surface area contributed by atoms with Gasteiger partial charge < -0.3 is 14.3 Å². The summed E-state index contributed by atoms with van der Waals surface area (Å²) in [6, 6.07) is 7.79. The molecule has 1 N–H and O–H groups in total. The van der Waals surface area contributed by atoms with E-state index in [1.54, 1.807) is 12.1 Å². The van der Waals surface area contributed by atoms with Gasteiger partial charge in [-0.3, -0.25) is 4.79 Å². The summed E-state index contributed by atoms with van der Waals surface area (Å²) in [7, 11) is 0. The van der Waals surface area contributed by atoms with Crippen LogP contribution in [0.4, 0.5) is 17.6 Å². The Hall–Kier alpha value is -2.55. The number of hydrogen-bond acceptors (Lipinski definition) is 4. The molecule has 0 radical (unpaired) electrons. The maximum Gasteiger partial charge on any atom is 0.422 e. The zero-order valence-corrected chi connectivity index (χ0v) is 14.3. The number of fused-ring (bicyclic) bond motifs is 1. The van der Waals surface area contributed by atoms with Crippen LogP contribution in [-0.4, -0.2) is 17.9 Å². The van der Waals surface area contributed by atoms with Gasteiger partial charge in [0.1, 0.15) is 22.5 Å². The monoisotopic (exact) mass is 432 g/mol. The fourth-order valence-corrected chi connectivity index (χ4v) is 2.58. The molecule has 0 aliphatic heterocycles. The van der Waals surface area contributed by atoms with Crippen molar-refractivity contribution in [2.75, 3.05) is 6.61 Å². The largest absolute Gasteiger partial charge is 0.502 e. The van der Waals surface area contributed by atoms with E-state index in [1.165, 1.54) is 12.1 Å². The second-order valence-electron chi connectivity index (χ2n) is 5.30. The summed E-state index contributed by atoms with van der Waals surface area (Å²) >= 11 is 3.23. The average Bonchev–Trinajstić information content (AvgIpc) is 2.56. The SMILES string of the molecule is O=c1c(O)c(-c2ccc(Br)cc2)oc2cc(F)cc(OCC(F)(F)F)c12. The van der Waals surface area contributed by atoms with Crippen LogP contribution in [0.25, 0.3) is 22.3 Å². The Morgan fingerprint density at radius 1 is 1.15 bits per heavy atom. The Bertz CT molecular complexity index is 1030. The second-order valence-corrected chi connectivity index (χ2v) is 6.21. The first-order valence-electron chi connectivity index (χ1n) is 7.10. The Morgan fingerprint density at radius 2 is 1.81 bits per heavy atom. The van der Waals surface area contributed by atoms with Crippen molar-refractivity contribution >= 4 is 26.9 Å². The minimum atomic E-state index is -4.68. The van der Waals surface area contributed by atoms with E-state index < -0.39 is 40.9 Å². The zero-order chi connectivity index (χ0) is 19.1. The lowest BCUT2D eigenvalue weighted by atomic mass is 10.1. The summed E-state index contributed by atoms with van der Waals surface area (Å²) in [4.78, 5) is 12.4. The van der Waals surface area contributed by atoms with Crippen LogP contribution >= 0.6 is 15.9 Å². The molecule has 1 heterocycles. The fraction of sp³-hybridized carbons (Fsp3) is 0.118. The standard InChI is InChI=1S/C17H9BrF4O4/c18-9-3-1-8(2-4-9)16-15(24)14(23)13-11(25-7-17(20,21)22)5-10(19)6-12(13)26-16/h1-6,24H,7H2. The summed E-state index contributed by atoms with van der Waals surface area (Å²) in [6.07, 6.45) is -4.68. The summed E-state index contributed by atoms with van der Waals surface area (Å²) in [5, 5.41) is 9.67. The van der Waals surface area contributed by atoms with Crippen molar-refractivity contribution in [3.63, 3.8) is 0 Å². The quantitative estimate of drug-likeness (QED) is 0.591. The fourth-order valence-electron chi connectivity index (χ4n) is 2.31. The highest BCUT2D eigenvalue weighted by molar-refractivity contribution is 9.10. The number of hydrogen-bond donors (Lipinski definition) is 1. The zero-order valence-electron chi connectivity index (χ0n) is 12.7. The van der Waals surface area contributed by atoms with Gasteiger partial charge in [-0.2, -0.15) is 13.2 Å². The summed E-state index contributed by atoms with van der Waals surface area (Å²) in [6.45, 7) is -1.72. The van der Waals surface area contributed by atoms with Crippen LogP contribution in [0.3, 0.4) is 0 Å². The van der Waals surface area contributed by atoms with E-state index in [0.717, 1.165) is 10.5 Å². The van der Waals surface area contributed by atoms with Crippen molar-refractivity contribution in [2.24, 2.45) is 0 Å². The van der Waals surface area contributed by atoms with E-state index in [9.17, 15) is 27.5 Å². The van der Waals surface area contributed by atoms with Crippen LogP contribution in [0.1, 0.15) is 0 Å². The number of aromatic hydroxyl groups is 1. The molecule has 0 atom stereocenters. The van der Waals surface area contributed by atoms with Crippen LogP contribution in [0, 0.1) is 5.82 Å². The lowest BCUT2D eigenvalue weighted by Gasteiger charge is -2.12. The second kappa shape index (κ2) is 6.64.